The number of ether oxygens (including phenoxy) is 2. The second-order valence-corrected chi connectivity index (χ2v) is 8.66. The Labute approximate surface area is 197 Å². The lowest BCUT2D eigenvalue weighted by Crippen LogP contribution is -2.31. The average molecular weight is 473 g/mol. The third-order valence-electron chi connectivity index (χ3n) is 6.10. The molecule has 0 saturated carbocycles. The van der Waals surface area contributed by atoms with E-state index in [4.69, 9.17) is 26.8 Å². The number of hydrogen-bond donors (Lipinski definition) is 1. The van der Waals surface area contributed by atoms with Crippen molar-refractivity contribution in [2.45, 2.75) is 45.1 Å². The highest BCUT2D eigenvalue weighted by Crippen LogP contribution is 2.51. The molecule has 2 N–H and O–H groups in total. The number of aryl methyl sites for hydroxylation is 1. The first-order valence-electron chi connectivity index (χ1n) is 11.2. The molecule has 1 aliphatic rings. The Morgan fingerprint density at radius 2 is 1.94 bits per heavy atom. The van der Waals surface area contributed by atoms with Crippen molar-refractivity contribution < 1.29 is 18.3 Å². The van der Waals surface area contributed by atoms with Crippen molar-refractivity contribution in [2.75, 3.05) is 13.2 Å². The molecule has 0 fully saturated rings. The molecule has 2 aromatic carbocycles. The second kappa shape index (κ2) is 9.65. The van der Waals surface area contributed by atoms with Gasteiger partial charge in [-0.1, -0.05) is 41.9 Å². The molecule has 1 aliphatic heterocycles. The van der Waals surface area contributed by atoms with Gasteiger partial charge in [0.15, 0.2) is 5.82 Å². The molecule has 0 spiro atoms. The standard InChI is InChI=1S/C26H27ClF2N2O2/c1-3-32-25-24(29)21(16(2)15-31-25)22-18-14-26(11-7-8-12-30,17-9-5-4-6-10-17)33-20(18)13-19(28)23(22)27/h4-6,9-10,13,15H,3,7-8,11-12,14,30H2,1-2H3. The minimum atomic E-state index is -0.717. The molecule has 1 unspecified atom stereocenters. The zero-order chi connectivity index (χ0) is 23.6. The van der Waals surface area contributed by atoms with Crippen LogP contribution in [0, 0.1) is 18.6 Å². The highest BCUT2D eigenvalue weighted by molar-refractivity contribution is 6.33. The summed E-state index contributed by atoms with van der Waals surface area (Å²) in [7, 11) is 0. The van der Waals surface area contributed by atoms with Crippen molar-refractivity contribution in [2.24, 2.45) is 5.73 Å². The van der Waals surface area contributed by atoms with E-state index in [9.17, 15) is 4.39 Å². The Kier molecular flexibility index (Phi) is 6.86. The Morgan fingerprint density at radius 3 is 2.64 bits per heavy atom. The summed E-state index contributed by atoms with van der Waals surface area (Å²) in [6, 6.07) is 11.1. The first-order chi connectivity index (χ1) is 15.9. The molecule has 0 saturated heterocycles. The number of unbranched alkanes of at least 4 members (excludes halogenated alkanes) is 1. The van der Waals surface area contributed by atoms with Gasteiger partial charge < -0.3 is 15.2 Å². The van der Waals surface area contributed by atoms with Crippen molar-refractivity contribution in [1.82, 2.24) is 4.98 Å². The number of nitrogens with zero attached hydrogens (tertiary/aromatic N) is 1. The van der Waals surface area contributed by atoms with Crippen molar-refractivity contribution >= 4 is 11.6 Å². The molecule has 4 nitrogen and oxygen atoms in total. The number of nitrogens with two attached hydrogens (primary N) is 1. The van der Waals surface area contributed by atoms with Crippen LogP contribution in [0.3, 0.4) is 0 Å². The molecule has 2 heterocycles. The molecule has 3 aromatic rings. The van der Waals surface area contributed by atoms with Crippen LogP contribution in [0.2, 0.25) is 5.02 Å². The van der Waals surface area contributed by atoms with Crippen molar-refractivity contribution in [1.29, 1.82) is 0 Å². The minimum absolute atomic E-state index is 0.136. The second-order valence-electron chi connectivity index (χ2n) is 8.28. The topological polar surface area (TPSA) is 57.4 Å². The first-order valence-corrected chi connectivity index (χ1v) is 11.5. The monoisotopic (exact) mass is 472 g/mol. The van der Waals surface area contributed by atoms with E-state index in [1.165, 1.54) is 12.3 Å². The number of hydrogen-bond acceptors (Lipinski definition) is 4. The Bertz CT molecular complexity index is 1160. The maximum atomic E-state index is 15.5. The van der Waals surface area contributed by atoms with Crippen molar-refractivity contribution in [3.05, 3.63) is 75.9 Å². The van der Waals surface area contributed by atoms with Crippen LogP contribution in [0.5, 0.6) is 11.6 Å². The third-order valence-corrected chi connectivity index (χ3v) is 6.47. The van der Waals surface area contributed by atoms with E-state index >= 15 is 4.39 Å². The molecule has 1 atom stereocenters. The summed E-state index contributed by atoms with van der Waals surface area (Å²) in [5, 5.41) is -0.140. The molecule has 4 rings (SSSR count). The van der Waals surface area contributed by atoms with Crippen LogP contribution >= 0.6 is 11.6 Å². The number of rotatable bonds is 8. The number of aromatic nitrogens is 1. The van der Waals surface area contributed by atoms with Gasteiger partial charge in [-0.2, -0.15) is 0 Å². The van der Waals surface area contributed by atoms with Gasteiger partial charge in [-0.05, 0) is 50.8 Å². The van der Waals surface area contributed by atoms with Gasteiger partial charge in [-0.25, -0.2) is 13.8 Å². The fraction of sp³-hybridized carbons (Fsp3) is 0.346. The summed E-state index contributed by atoms with van der Waals surface area (Å²) in [6.07, 6.45) is 4.30. The molecule has 33 heavy (non-hydrogen) atoms. The highest BCUT2D eigenvalue weighted by atomic mass is 35.5. The number of benzene rings is 2. The number of halogens is 3. The van der Waals surface area contributed by atoms with Gasteiger partial charge in [0.2, 0.25) is 0 Å². The number of pyridine rings is 1. The SMILES string of the molecule is CCOc1ncc(C)c(-c2c(Cl)c(F)cc3c2CC(CCCCN)(c2ccccc2)O3)c1F. The summed E-state index contributed by atoms with van der Waals surface area (Å²) < 4.78 is 42.3. The van der Waals surface area contributed by atoms with Crippen LogP contribution < -0.4 is 15.2 Å². The molecule has 0 aliphatic carbocycles. The average Bonchev–Trinajstić information content (AvgIpc) is 3.18. The van der Waals surface area contributed by atoms with E-state index in [2.05, 4.69) is 4.98 Å². The molecule has 174 valence electrons. The lowest BCUT2D eigenvalue weighted by molar-refractivity contribution is 0.0793. The van der Waals surface area contributed by atoms with E-state index in [1.807, 2.05) is 30.3 Å². The predicted octanol–water partition coefficient (Wildman–Crippen LogP) is 6.35. The molecular formula is C26H27ClF2N2O2. The fourth-order valence-electron chi connectivity index (χ4n) is 4.54. The van der Waals surface area contributed by atoms with Crippen LogP contribution in [0.25, 0.3) is 11.1 Å². The maximum Gasteiger partial charge on any atom is 0.251 e. The molecular weight excluding hydrogens is 446 g/mol. The number of fused-ring (bicyclic) bond motifs is 1. The molecule has 0 bridgehead atoms. The highest BCUT2D eigenvalue weighted by Gasteiger charge is 2.43. The zero-order valence-electron chi connectivity index (χ0n) is 18.8. The summed E-state index contributed by atoms with van der Waals surface area (Å²) >= 11 is 6.48. The largest absolute Gasteiger partial charge is 0.482 e. The van der Waals surface area contributed by atoms with Gasteiger partial charge in [0.25, 0.3) is 5.88 Å². The maximum absolute atomic E-state index is 15.5. The van der Waals surface area contributed by atoms with Crippen LogP contribution in [0.4, 0.5) is 8.78 Å². The molecule has 1 aromatic heterocycles. The Balaban J connectivity index is 1.90. The third kappa shape index (κ3) is 4.30. The molecule has 0 radical (unpaired) electrons. The van der Waals surface area contributed by atoms with E-state index in [0.717, 1.165) is 18.4 Å². The summed E-state index contributed by atoms with van der Waals surface area (Å²) in [4.78, 5) is 4.05. The smallest absolute Gasteiger partial charge is 0.251 e. The predicted molar refractivity (Wildman–Crippen MR) is 126 cm³/mol. The zero-order valence-corrected chi connectivity index (χ0v) is 19.5. The van der Waals surface area contributed by atoms with Gasteiger partial charge in [0.1, 0.15) is 17.2 Å². The van der Waals surface area contributed by atoms with E-state index in [1.54, 1.807) is 13.8 Å². The summed E-state index contributed by atoms with van der Waals surface area (Å²) in [5.74, 6) is -1.09. The van der Waals surface area contributed by atoms with Gasteiger partial charge >= 0.3 is 0 Å². The van der Waals surface area contributed by atoms with E-state index in [-0.39, 0.29) is 23.1 Å². The fourth-order valence-corrected chi connectivity index (χ4v) is 4.81. The van der Waals surface area contributed by atoms with Crippen molar-refractivity contribution in [3.63, 3.8) is 0 Å². The van der Waals surface area contributed by atoms with Crippen LogP contribution in [-0.2, 0) is 12.0 Å². The van der Waals surface area contributed by atoms with E-state index < -0.39 is 17.2 Å². The minimum Gasteiger partial charge on any atom is -0.482 e. The molecule has 0 amide bonds. The normalized spacial score (nSPS) is 17.0. The molecule has 7 heteroatoms. The Morgan fingerprint density at radius 1 is 1.18 bits per heavy atom. The summed E-state index contributed by atoms with van der Waals surface area (Å²) in [5.41, 5.74) is 7.67. The first kappa shape index (κ1) is 23.5. The lowest BCUT2D eigenvalue weighted by Gasteiger charge is -2.29. The van der Waals surface area contributed by atoms with E-state index in [0.29, 0.717) is 41.8 Å². The van der Waals surface area contributed by atoms with Gasteiger partial charge in [0, 0.05) is 35.4 Å². The lowest BCUT2D eigenvalue weighted by atomic mass is 9.82. The van der Waals surface area contributed by atoms with Gasteiger partial charge in [-0.3, -0.25) is 0 Å². The van der Waals surface area contributed by atoms with Crippen LogP contribution in [-0.4, -0.2) is 18.1 Å². The van der Waals surface area contributed by atoms with Crippen molar-refractivity contribution in [3.8, 4) is 22.8 Å². The Hall–Kier alpha value is -2.70. The summed E-state index contributed by atoms with van der Waals surface area (Å²) in [6.45, 7) is 4.29. The quantitative estimate of drug-likeness (QED) is 0.388. The van der Waals surface area contributed by atoms with Gasteiger partial charge in [0.05, 0.1) is 11.6 Å². The van der Waals surface area contributed by atoms with Crippen LogP contribution in [0.15, 0.2) is 42.6 Å². The van der Waals surface area contributed by atoms with Gasteiger partial charge in [-0.15, -0.1) is 0 Å². The van der Waals surface area contributed by atoms with Crippen LogP contribution in [0.1, 0.15) is 42.9 Å².